The number of hydrogen-bond acceptors (Lipinski definition) is 4. The van der Waals surface area contributed by atoms with Crippen LogP contribution in [-0.2, 0) is 24.2 Å². The van der Waals surface area contributed by atoms with Crippen molar-refractivity contribution < 1.29 is 9.53 Å². The summed E-state index contributed by atoms with van der Waals surface area (Å²) in [5.41, 5.74) is 5.65. The zero-order valence-corrected chi connectivity index (χ0v) is 17.2. The van der Waals surface area contributed by atoms with Crippen LogP contribution in [0.15, 0.2) is 59.6 Å². The summed E-state index contributed by atoms with van der Waals surface area (Å²) in [5.74, 6) is 0.874. The Bertz CT molecular complexity index is 1080. The molecule has 3 aromatic rings. The lowest BCUT2D eigenvalue weighted by Crippen LogP contribution is -2.31. The SMILES string of the molecule is COc1ccc(C2=NCC(=O)N(Cc3ccccc3)c3sc4c(c32)CCC4)cc1. The van der Waals surface area contributed by atoms with Gasteiger partial charge in [-0.25, -0.2) is 0 Å². The fraction of sp³-hybridized carbons (Fsp3) is 0.250. The van der Waals surface area contributed by atoms with E-state index in [1.807, 2.05) is 47.4 Å². The molecule has 146 valence electrons. The van der Waals surface area contributed by atoms with E-state index >= 15 is 0 Å². The van der Waals surface area contributed by atoms with Gasteiger partial charge in [0.05, 0.1) is 19.4 Å². The molecule has 0 spiro atoms. The number of rotatable bonds is 4. The molecule has 0 atom stereocenters. The van der Waals surface area contributed by atoms with E-state index in [-0.39, 0.29) is 12.5 Å². The quantitative estimate of drug-likeness (QED) is 0.639. The van der Waals surface area contributed by atoms with Crippen LogP contribution < -0.4 is 9.64 Å². The van der Waals surface area contributed by atoms with Crippen LogP contribution in [0.1, 0.15) is 33.6 Å². The van der Waals surface area contributed by atoms with Gasteiger partial charge >= 0.3 is 0 Å². The number of hydrogen-bond donors (Lipinski definition) is 0. The Labute approximate surface area is 174 Å². The monoisotopic (exact) mass is 402 g/mol. The zero-order chi connectivity index (χ0) is 19.8. The Hall–Kier alpha value is -2.92. The number of amides is 1. The summed E-state index contributed by atoms with van der Waals surface area (Å²) in [6.07, 6.45) is 3.33. The van der Waals surface area contributed by atoms with Gasteiger partial charge in [0, 0.05) is 16.0 Å². The van der Waals surface area contributed by atoms with Crippen molar-refractivity contribution in [2.75, 3.05) is 18.6 Å². The maximum atomic E-state index is 13.1. The first-order valence-electron chi connectivity index (χ1n) is 9.92. The third-order valence-corrected chi connectivity index (χ3v) is 6.92. The Morgan fingerprint density at radius 1 is 1.07 bits per heavy atom. The molecule has 2 aromatic carbocycles. The number of thiophene rings is 1. The summed E-state index contributed by atoms with van der Waals surface area (Å²) in [7, 11) is 1.67. The van der Waals surface area contributed by atoms with Crippen molar-refractivity contribution in [2.45, 2.75) is 25.8 Å². The molecule has 1 amide bonds. The number of carbonyl (C=O) groups excluding carboxylic acids is 1. The van der Waals surface area contributed by atoms with Crippen LogP contribution in [0.3, 0.4) is 0 Å². The van der Waals surface area contributed by atoms with Crippen LogP contribution in [0.5, 0.6) is 5.75 Å². The molecule has 2 heterocycles. The molecule has 1 aromatic heterocycles. The summed E-state index contributed by atoms with van der Waals surface area (Å²) in [6.45, 7) is 0.752. The Kier molecular flexibility index (Phi) is 4.68. The molecule has 0 radical (unpaired) electrons. The minimum Gasteiger partial charge on any atom is -0.497 e. The highest BCUT2D eigenvalue weighted by Gasteiger charge is 2.33. The number of aliphatic imine (C=N–C) groups is 1. The maximum Gasteiger partial charge on any atom is 0.249 e. The molecule has 5 rings (SSSR count). The van der Waals surface area contributed by atoms with E-state index in [1.54, 1.807) is 18.4 Å². The van der Waals surface area contributed by atoms with Gasteiger partial charge in [-0.1, -0.05) is 30.3 Å². The zero-order valence-electron chi connectivity index (χ0n) is 16.4. The van der Waals surface area contributed by atoms with Crippen molar-refractivity contribution in [3.63, 3.8) is 0 Å². The smallest absolute Gasteiger partial charge is 0.249 e. The first-order chi connectivity index (χ1) is 14.2. The topological polar surface area (TPSA) is 41.9 Å². The molecule has 29 heavy (non-hydrogen) atoms. The van der Waals surface area contributed by atoms with E-state index in [4.69, 9.17) is 9.73 Å². The fourth-order valence-corrected chi connectivity index (χ4v) is 5.56. The van der Waals surface area contributed by atoms with Crippen molar-refractivity contribution in [1.82, 2.24) is 0 Å². The number of fused-ring (bicyclic) bond motifs is 3. The highest BCUT2D eigenvalue weighted by atomic mass is 32.1. The molecule has 1 aliphatic carbocycles. The van der Waals surface area contributed by atoms with Gasteiger partial charge in [-0.15, -0.1) is 11.3 Å². The minimum absolute atomic E-state index is 0.0542. The van der Waals surface area contributed by atoms with Crippen LogP contribution in [0, 0.1) is 0 Å². The molecular formula is C24H22N2O2S. The molecule has 5 heteroatoms. The highest BCUT2D eigenvalue weighted by Crippen LogP contribution is 2.44. The van der Waals surface area contributed by atoms with Gasteiger partial charge in [0.1, 0.15) is 17.3 Å². The maximum absolute atomic E-state index is 13.1. The molecule has 4 nitrogen and oxygen atoms in total. The lowest BCUT2D eigenvalue weighted by atomic mass is 9.99. The highest BCUT2D eigenvalue weighted by molar-refractivity contribution is 7.17. The number of ether oxygens (including phenoxy) is 1. The normalized spacial score (nSPS) is 15.6. The van der Waals surface area contributed by atoms with Crippen LogP contribution in [-0.4, -0.2) is 25.3 Å². The number of methoxy groups -OCH3 is 1. The third kappa shape index (κ3) is 3.25. The number of carbonyl (C=O) groups is 1. The van der Waals surface area contributed by atoms with Crippen LogP contribution in [0.25, 0.3) is 0 Å². The molecular weight excluding hydrogens is 380 g/mol. The average Bonchev–Trinajstić information content (AvgIpc) is 3.32. The van der Waals surface area contributed by atoms with Crippen molar-refractivity contribution in [2.24, 2.45) is 4.99 Å². The van der Waals surface area contributed by atoms with E-state index in [9.17, 15) is 4.79 Å². The molecule has 0 fully saturated rings. The summed E-state index contributed by atoms with van der Waals surface area (Å²) < 4.78 is 5.31. The van der Waals surface area contributed by atoms with Gasteiger partial charge in [-0.2, -0.15) is 0 Å². The lowest BCUT2D eigenvalue weighted by molar-refractivity contribution is -0.117. The second kappa shape index (κ2) is 7.48. The molecule has 0 bridgehead atoms. The minimum atomic E-state index is 0.0542. The second-order valence-corrected chi connectivity index (χ2v) is 8.48. The number of anilines is 1. The standard InChI is InChI=1S/C24H22N2O2S/c1-28-18-12-10-17(11-13-18)23-22-19-8-5-9-20(19)29-24(22)26(21(27)14-25-23)15-16-6-3-2-4-7-16/h2-4,6-7,10-13H,5,8-9,14-15H2,1H3. The van der Waals surface area contributed by atoms with Gasteiger partial charge in [0.2, 0.25) is 5.91 Å². The first-order valence-corrected chi connectivity index (χ1v) is 10.7. The van der Waals surface area contributed by atoms with E-state index < -0.39 is 0 Å². The van der Waals surface area contributed by atoms with Crippen molar-refractivity contribution >= 4 is 28.0 Å². The van der Waals surface area contributed by atoms with Gasteiger partial charge in [0.25, 0.3) is 0 Å². The van der Waals surface area contributed by atoms with Gasteiger partial charge < -0.3 is 4.74 Å². The molecule has 2 aliphatic rings. The predicted molar refractivity (Wildman–Crippen MR) is 117 cm³/mol. The summed E-state index contributed by atoms with van der Waals surface area (Å²) >= 11 is 1.77. The number of benzene rings is 2. The van der Waals surface area contributed by atoms with Crippen molar-refractivity contribution in [3.8, 4) is 5.75 Å². The largest absolute Gasteiger partial charge is 0.497 e. The molecule has 0 unspecified atom stereocenters. The lowest BCUT2D eigenvalue weighted by Gasteiger charge is -2.21. The fourth-order valence-electron chi connectivity index (χ4n) is 4.16. The summed E-state index contributed by atoms with van der Waals surface area (Å²) in [4.78, 5) is 21.2. The van der Waals surface area contributed by atoms with E-state index in [2.05, 4.69) is 12.1 Å². The van der Waals surface area contributed by atoms with Crippen molar-refractivity contribution in [1.29, 1.82) is 0 Å². The Balaban J connectivity index is 1.62. The third-order valence-electron chi connectivity index (χ3n) is 5.61. The second-order valence-electron chi connectivity index (χ2n) is 7.40. The molecule has 0 saturated carbocycles. The molecule has 0 saturated heterocycles. The van der Waals surface area contributed by atoms with E-state index in [0.717, 1.165) is 46.0 Å². The van der Waals surface area contributed by atoms with Crippen molar-refractivity contribution in [3.05, 3.63) is 81.7 Å². The van der Waals surface area contributed by atoms with Gasteiger partial charge in [0.15, 0.2) is 0 Å². The first kappa shape index (κ1) is 18.1. The molecule has 0 N–H and O–H groups in total. The van der Waals surface area contributed by atoms with Crippen LogP contribution in [0.4, 0.5) is 5.00 Å². The predicted octanol–water partition coefficient (Wildman–Crippen LogP) is 4.63. The van der Waals surface area contributed by atoms with E-state index in [0.29, 0.717) is 6.54 Å². The number of nitrogens with zero attached hydrogens (tertiary/aromatic N) is 2. The van der Waals surface area contributed by atoms with Crippen LogP contribution in [0.2, 0.25) is 0 Å². The Morgan fingerprint density at radius 3 is 2.62 bits per heavy atom. The van der Waals surface area contributed by atoms with Crippen LogP contribution >= 0.6 is 11.3 Å². The summed E-state index contributed by atoms with van der Waals surface area (Å²) in [6, 6.07) is 18.2. The number of aryl methyl sites for hydroxylation is 1. The average molecular weight is 403 g/mol. The van der Waals surface area contributed by atoms with Gasteiger partial charge in [-0.3, -0.25) is 14.7 Å². The van der Waals surface area contributed by atoms with Gasteiger partial charge in [-0.05, 0) is 54.7 Å². The molecule has 1 aliphatic heterocycles. The summed E-state index contributed by atoms with van der Waals surface area (Å²) in [5, 5.41) is 1.05. The Morgan fingerprint density at radius 2 is 1.86 bits per heavy atom. The van der Waals surface area contributed by atoms with E-state index in [1.165, 1.54) is 16.9 Å².